The van der Waals surface area contributed by atoms with Crippen LogP contribution < -0.4 is 11.1 Å². The van der Waals surface area contributed by atoms with E-state index in [0.29, 0.717) is 6.42 Å². The number of nitrogens with two attached hydrogens (primary N) is 1. The van der Waals surface area contributed by atoms with Crippen molar-refractivity contribution in [2.75, 3.05) is 19.6 Å². The van der Waals surface area contributed by atoms with Crippen LogP contribution >= 0.6 is 12.4 Å². The predicted octanol–water partition coefficient (Wildman–Crippen LogP) is 2.15. The van der Waals surface area contributed by atoms with Gasteiger partial charge in [0.2, 0.25) is 10.0 Å². The summed E-state index contributed by atoms with van der Waals surface area (Å²) < 4.78 is 63.6. The summed E-state index contributed by atoms with van der Waals surface area (Å²) in [5.41, 5.74) is 5.46. The average molecular weight is 430 g/mol. The molecule has 1 amide bonds. The quantitative estimate of drug-likeness (QED) is 0.767. The van der Waals surface area contributed by atoms with Gasteiger partial charge in [-0.1, -0.05) is 19.9 Å². The number of hydrogen-bond donors (Lipinski definition) is 2. The third-order valence-corrected chi connectivity index (χ3v) is 6.30. The molecular formula is C16H23ClF3N3O3S. The number of hydrogen-bond acceptors (Lipinski definition) is 4. The van der Waals surface area contributed by atoms with Crippen molar-refractivity contribution in [2.24, 2.45) is 11.1 Å². The van der Waals surface area contributed by atoms with Gasteiger partial charge in [0.05, 0.1) is 4.90 Å². The Morgan fingerprint density at radius 1 is 1.37 bits per heavy atom. The van der Waals surface area contributed by atoms with Crippen molar-refractivity contribution in [3.63, 3.8) is 0 Å². The number of nitrogens with zero attached hydrogens (tertiary/aromatic N) is 1. The van der Waals surface area contributed by atoms with Gasteiger partial charge < -0.3 is 11.1 Å². The first-order valence-electron chi connectivity index (χ1n) is 8.04. The minimum absolute atomic E-state index is 0. The van der Waals surface area contributed by atoms with Gasteiger partial charge in [0.1, 0.15) is 6.54 Å². The Hall–Kier alpha value is -1.36. The minimum atomic E-state index is -4.54. The molecule has 6 nitrogen and oxygen atoms in total. The Balaban J connectivity index is 0.00000364. The molecule has 11 heteroatoms. The molecule has 0 bridgehead atoms. The Kier molecular flexibility index (Phi) is 7.31. The summed E-state index contributed by atoms with van der Waals surface area (Å²) >= 11 is 0. The van der Waals surface area contributed by atoms with E-state index in [-0.39, 0.29) is 42.0 Å². The number of carbonyl (C=O) groups excluding carboxylic acids is 1. The number of alkyl halides is 3. The molecule has 1 atom stereocenters. The highest BCUT2D eigenvalue weighted by atomic mass is 35.5. The van der Waals surface area contributed by atoms with Gasteiger partial charge in [-0.15, -0.1) is 12.4 Å². The van der Waals surface area contributed by atoms with Gasteiger partial charge in [0.15, 0.2) is 0 Å². The summed E-state index contributed by atoms with van der Waals surface area (Å²) in [4.78, 5) is 11.7. The lowest BCUT2D eigenvalue weighted by Gasteiger charge is -2.41. The van der Waals surface area contributed by atoms with E-state index >= 15 is 0 Å². The molecule has 0 aliphatic carbocycles. The van der Waals surface area contributed by atoms with Crippen LogP contribution in [0.15, 0.2) is 29.2 Å². The summed E-state index contributed by atoms with van der Waals surface area (Å²) in [5, 5.41) is 1.73. The summed E-state index contributed by atoms with van der Waals surface area (Å²) in [6.07, 6.45) is -4.05. The van der Waals surface area contributed by atoms with Gasteiger partial charge in [0, 0.05) is 24.7 Å². The standard InChI is InChI=1S/C16H22F3N3O3S.ClH/c1-15(2)10-22(7-6-13(15)20)26(24,25)12-5-3-4-11(8-12)14(23)21-9-16(17,18)19;/h3-5,8,13H,6-7,9-10,20H2,1-2H3,(H,21,23);1H. The molecule has 0 spiro atoms. The fourth-order valence-electron chi connectivity index (χ4n) is 2.76. The molecule has 1 aliphatic heterocycles. The van der Waals surface area contributed by atoms with Crippen LogP contribution in [-0.4, -0.2) is 50.5 Å². The highest BCUT2D eigenvalue weighted by Crippen LogP contribution is 2.31. The van der Waals surface area contributed by atoms with Gasteiger partial charge in [0.25, 0.3) is 5.91 Å². The largest absolute Gasteiger partial charge is 0.405 e. The number of carbonyl (C=O) groups is 1. The van der Waals surface area contributed by atoms with Crippen LogP contribution in [0.2, 0.25) is 0 Å². The van der Waals surface area contributed by atoms with Crippen molar-refractivity contribution in [1.82, 2.24) is 9.62 Å². The molecule has 0 saturated carbocycles. The molecular weight excluding hydrogens is 407 g/mol. The number of benzene rings is 1. The van der Waals surface area contributed by atoms with Crippen LogP contribution in [0, 0.1) is 5.41 Å². The van der Waals surface area contributed by atoms with Crippen LogP contribution in [-0.2, 0) is 10.0 Å². The fourth-order valence-corrected chi connectivity index (χ4v) is 4.43. The molecule has 3 N–H and O–H groups in total. The average Bonchev–Trinajstić information content (AvgIpc) is 2.54. The van der Waals surface area contributed by atoms with E-state index in [1.54, 1.807) is 5.32 Å². The van der Waals surface area contributed by atoms with Crippen molar-refractivity contribution < 1.29 is 26.4 Å². The van der Waals surface area contributed by atoms with E-state index in [4.69, 9.17) is 5.73 Å². The molecule has 0 aromatic heterocycles. The molecule has 1 aliphatic rings. The normalized spacial score (nSPS) is 20.6. The van der Waals surface area contributed by atoms with Crippen LogP contribution in [0.25, 0.3) is 0 Å². The van der Waals surface area contributed by atoms with Crippen molar-refractivity contribution in [3.8, 4) is 0 Å². The van der Waals surface area contributed by atoms with Crippen molar-refractivity contribution in [2.45, 2.75) is 37.4 Å². The number of rotatable bonds is 4. The first-order chi connectivity index (χ1) is 11.8. The third-order valence-electron chi connectivity index (χ3n) is 4.46. The van der Waals surface area contributed by atoms with E-state index in [9.17, 15) is 26.4 Å². The van der Waals surface area contributed by atoms with Crippen molar-refractivity contribution >= 4 is 28.3 Å². The smallest absolute Gasteiger partial charge is 0.343 e. The maximum atomic E-state index is 12.8. The first kappa shape index (κ1) is 23.7. The summed E-state index contributed by atoms with van der Waals surface area (Å²) in [5.74, 6) is -0.986. The number of sulfonamides is 1. The molecule has 27 heavy (non-hydrogen) atoms. The molecule has 1 fully saturated rings. The Morgan fingerprint density at radius 2 is 2.00 bits per heavy atom. The van der Waals surface area contributed by atoms with Gasteiger partial charge >= 0.3 is 6.18 Å². The first-order valence-corrected chi connectivity index (χ1v) is 9.48. The zero-order valence-corrected chi connectivity index (χ0v) is 16.5. The zero-order chi connectivity index (χ0) is 19.8. The molecule has 0 radical (unpaired) electrons. The lowest BCUT2D eigenvalue weighted by Crippen LogP contribution is -2.53. The summed E-state index contributed by atoms with van der Waals surface area (Å²) in [6.45, 7) is 2.74. The highest BCUT2D eigenvalue weighted by Gasteiger charge is 2.39. The summed E-state index contributed by atoms with van der Waals surface area (Å²) in [7, 11) is -3.88. The molecule has 1 heterocycles. The number of nitrogens with one attached hydrogen (secondary N) is 1. The van der Waals surface area contributed by atoms with Crippen molar-refractivity contribution in [1.29, 1.82) is 0 Å². The maximum absolute atomic E-state index is 12.8. The number of halogens is 4. The van der Waals surface area contributed by atoms with Gasteiger partial charge in [-0.25, -0.2) is 8.42 Å². The second kappa shape index (κ2) is 8.34. The van der Waals surface area contributed by atoms with Crippen LogP contribution in [0.1, 0.15) is 30.6 Å². The number of piperidine rings is 1. The van der Waals surface area contributed by atoms with Crippen LogP contribution in [0.4, 0.5) is 13.2 Å². The van der Waals surface area contributed by atoms with E-state index in [1.807, 2.05) is 13.8 Å². The zero-order valence-electron chi connectivity index (χ0n) is 14.9. The van der Waals surface area contributed by atoms with E-state index < -0.39 is 34.1 Å². The Morgan fingerprint density at radius 3 is 2.56 bits per heavy atom. The second-order valence-corrected chi connectivity index (χ2v) is 8.99. The van der Waals surface area contributed by atoms with E-state index in [2.05, 4.69) is 0 Å². The minimum Gasteiger partial charge on any atom is -0.343 e. The fraction of sp³-hybridized carbons (Fsp3) is 0.562. The molecule has 2 rings (SSSR count). The Labute approximate surface area is 162 Å². The van der Waals surface area contributed by atoms with Gasteiger partial charge in [-0.3, -0.25) is 4.79 Å². The van der Waals surface area contributed by atoms with Crippen LogP contribution in [0.3, 0.4) is 0 Å². The van der Waals surface area contributed by atoms with Crippen molar-refractivity contribution in [3.05, 3.63) is 29.8 Å². The second-order valence-electron chi connectivity index (χ2n) is 7.05. The molecule has 154 valence electrons. The molecule has 1 unspecified atom stereocenters. The number of amides is 1. The third kappa shape index (κ3) is 5.81. The lowest BCUT2D eigenvalue weighted by atomic mass is 9.81. The highest BCUT2D eigenvalue weighted by molar-refractivity contribution is 7.89. The topological polar surface area (TPSA) is 92.5 Å². The van der Waals surface area contributed by atoms with Crippen LogP contribution in [0.5, 0.6) is 0 Å². The lowest BCUT2D eigenvalue weighted by molar-refractivity contribution is -0.123. The monoisotopic (exact) mass is 429 g/mol. The Bertz CT molecular complexity index is 785. The molecule has 1 aromatic rings. The van der Waals surface area contributed by atoms with Gasteiger partial charge in [-0.05, 0) is 30.0 Å². The molecule has 1 saturated heterocycles. The summed E-state index contributed by atoms with van der Waals surface area (Å²) in [6, 6.07) is 4.87. The van der Waals surface area contributed by atoms with E-state index in [1.165, 1.54) is 22.5 Å². The predicted molar refractivity (Wildman–Crippen MR) is 97.2 cm³/mol. The van der Waals surface area contributed by atoms with E-state index in [0.717, 1.165) is 6.07 Å². The van der Waals surface area contributed by atoms with Gasteiger partial charge in [-0.2, -0.15) is 17.5 Å². The SMILES string of the molecule is CC1(C)CN(S(=O)(=O)c2cccc(C(=O)NCC(F)(F)F)c2)CCC1N.Cl. The molecule has 1 aromatic carbocycles. The maximum Gasteiger partial charge on any atom is 0.405 e.